The van der Waals surface area contributed by atoms with Crippen LogP contribution in [0.1, 0.15) is 47.3 Å². The average Bonchev–Trinajstić information content (AvgIpc) is 3.02. The first-order valence-electron chi connectivity index (χ1n) is 8.21. The minimum Gasteiger partial charge on any atom is -0.352 e. The predicted molar refractivity (Wildman–Crippen MR) is 95.8 cm³/mol. The van der Waals surface area contributed by atoms with E-state index in [1.807, 2.05) is 6.07 Å². The molecule has 0 aliphatic heterocycles. The molecular formula is C19H22N2OS. The van der Waals surface area contributed by atoms with Gasteiger partial charge in [0.25, 0.3) is 5.91 Å². The van der Waals surface area contributed by atoms with Gasteiger partial charge in [0.05, 0.1) is 10.6 Å². The van der Waals surface area contributed by atoms with Crippen molar-refractivity contribution in [2.24, 2.45) is 0 Å². The van der Waals surface area contributed by atoms with Gasteiger partial charge in [0, 0.05) is 23.2 Å². The summed E-state index contributed by atoms with van der Waals surface area (Å²) < 4.78 is 0. The zero-order valence-electron chi connectivity index (χ0n) is 13.5. The Kier molecular flexibility index (Phi) is 5.23. The van der Waals surface area contributed by atoms with Gasteiger partial charge >= 0.3 is 0 Å². The molecule has 3 rings (SSSR count). The van der Waals surface area contributed by atoms with E-state index in [1.54, 1.807) is 23.6 Å². The van der Waals surface area contributed by atoms with Crippen LogP contribution in [-0.2, 0) is 0 Å². The van der Waals surface area contributed by atoms with Crippen LogP contribution in [0.5, 0.6) is 0 Å². The zero-order valence-corrected chi connectivity index (χ0v) is 14.3. The first-order chi connectivity index (χ1) is 11.2. The van der Waals surface area contributed by atoms with E-state index in [4.69, 9.17) is 0 Å². The summed E-state index contributed by atoms with van der Waals surface area (Å²) >= 11 is 1.70. The van der Waals surface area contributed by atoms with Gasteiger partial charge in [-0.1, -0.05) is 11.6 Å². The lowest BCUT2D eigenvalue weighted by atomic mass is 9.97. The van der Waals surface area contributed by atoms with Crippen LogP contribution in [0.25, 0.3) is 10.6 Å². The van der Waals surface area contributed by atoms with E-state index < -0.39 is 0 Å². The van der Waals surface area contributed by atoms with Crippen molar-refractivity contribution in [2.45, 2.75) is 39.0 Å². The molecule has 0 aromatic carbocycles. The molecular weight excluding hydrogens is 304 g/mol. The van der Waals surface area contributed by atoms with Crippen molar-refractivity contribution < 1.29 is 4.79 Å². The van der Waals surface area contributed by atoms with Gasteiger partial charge in [-0.3, -0.25) is 9.78 Å². The molecule has 2 aromatic heterocycles. The molecule has 2 heterocycles. The smallest absolute Gasteiger partial charge is 0.251 e. The monoisotopic (exact) mass is 326 g/mol. The van der Waals surface area contributed by atoms with Crippen LogP contribution in [0.15, 0.2) is 42.1 Å². The molecule has 0 saturated heterocycles. The van der Waals surface area contributed by atoms with E-state index in [2.05, 4.69) is 35.4 Å². The van der Waals surface area contributed by atoms with Crippen molar-refractivity contribution in [3.63, 3.8) is 0 Å². The van der Waals surface area contributed by atoms with Crippen molar-refractivity contribution in [1.29, 1.82) is 0 Å². The highest BCUT2D eigenvalue weighted by Crippen LogP contribution is 2.26. The molecule has 0 atom stereocenters. The van der Waals surface area contributed by atoms with Crippen molar-refractivity contribution in [2.75, 3.05) is 6.54 Å². The fourth-order valence-corrected chi connectivity index (χ4v) is 3.68. The van der Waals surface area contributed by atoms with Crippen LogP contribution in [0, 0.1) is 6.92 Å². The van der Waals surface area contributed by atoms with Crippen LogP contribution >= 0.6 is 11.3 Å². The average molecular weight is 326 g/mol. The Morgan fingerprint density at radius 2 is 2.22 bits per heavy atom. The van der Waals surface area contributed by atoms with Gasteiger partial charge in [-0.05, 0) is 63.3 Å². The maximum absolute atomic E-state index is 12.3. The van der Waals surface area contributed by atoms with Crippen LogP contribution < -0.4 is 5.32 Å². The number of aromatic nitrogens is 1. The maximum atomic E-state index is 12.3. The number of carbonyl (C=O) groups excluding carboxylic acids is 1. The molecule has 0 spiro atoms. The van der Waals surface area contributed by atoms with Crippen LogP contribution in [0.4, 0.5) is 0 Å². The molecule has 0 unspecified atom stereocenters. The Morgan fingerprint density at radius 3 is 2.96 bits per heavy atom. The highest BCUT2D eigenvalue weighted by Gasteiger charge is 2.10. The van der Waals surface area contributed by atoms with Gasteiger partial charge < -0.3 is 5.32 Å². The normalized spacial score (nSPS) is 14.4. The lowest BCUT2D eigenvalue weighted by Gasteiger charge is -2.13. The minimum atomic E-state index is -0.0154. The second-order valence-corrected chi connectivity index (χ2v) is 7.24. The summed E-state index contributed by atoms with van der Waals surface area (Å²) in [6.45, 7) is 2.78. The third-order valence-electron chi connectivity index (χ3n) is 4.13. The van der Waals surface area contributed by atoms with Gasteiger partial charge in [-0.15, -0.1) is 11.3 Å². The summed E-state index contributed by atoms with van der Waals surface area (Å²) in [5.74, 6) is -0.0154. The van der Waals surface area contributed by atoms with E-state index in [0.29, 0.717) is 12.1 Å². The molecule has 23 heavy (non-hydrogen) atoms. The molecule has 0 radical (unpaired) electrons. The van der Waals surface area contributed by atoms with Gasteiger partial charge in [0.1, 0.15) is 0 Å². The standard InChI is InChI=1S/C19H22N2OS/c1-14-7-8-18(23-14)17-13-16(10-12-20-17)19(22)21-11-9-15-5-3-2-4-6-15/h5,7-8,10,12-13H,2-4,6,9,11H2,1H3,(H,21,22). The summed E-state index contributed by atoms with van der Waals surface area (Å²) in [5, 5.41) is 3.03. The Labute approximate surface area is 141 Å². The van der Waals surface area contributed by atoms with E-state index in [1.165, 1.54) is 36.1 Å². The third kappa shape index (κ3) is 4.29. The highest BCUT2D eigenvalue weighted by molar-refractivity contribution is 7.15. The van der Waals surface area contributed by atoms with Crippen molar-refractivity contribution >= 4 is 17.2 Å². The summed E-state index contributed by atoms with van der Waals surface area (Å²) in [5.41, 5.74) is 3.03. The maximum Gasteiger partial charge on any atom is 0.251 e. The predicted octanol–water partition coefficient (Wildman–Crippen LogP) is 4.74. The summed E-state index contributed by atoms with van der Waals surface area (Å²) in [4.78, 5) is 19.0. The fourth-order valence-electron chi connectivity index (χ4n) is 2.85. The molecule has 0 fully saturated rings. The molecule has 0 bridgehead atoms. The second-order valence-electron chi connectivity index (χ2n) is 5.95. The molecule has 1 aliphatic rings. The number of amides is 1. The SMILES string of the molecule is Cc1ccc(-c2cc(C(=O)NCCC3=CCCCC3)ccn2)s1. The molecule has 2 aromatic rings. The number of nitrogens with one attached hydrogen (secondary N) is 1. The number of pyridine rings is 1. The Hall–Kier alpha value is -1.94. The Balaban J connectivity index is 1.60. The molecule has 0 saturated carbocycles. The van der Waals surface area contributed by atoms with Gasteiger partial charge in [0.2, 0.25) is 0 Å². The number of nitrogens with zero attached hydrogens (tertiary/aromatic N) is 1. The summed E-state index contributed by atoms with van der Waals surface area (Å²) in [7, 11) is 0. The number of allylic oxidation sites excluding steroid dienone is 1. The minimum absolute atomic E-state index is 0.0154. The quantitative estimate of drug-likeness (QED) is 0.806. The van der Waals surface area contributed by atoms with E-state index in [9.17, 15) is 4.79 Å². The Morgan fingerprint density at radius 1 is 1.30 bits per heavy atom. The largest absolute Gasteiger partial charge is 0.352 e. The number of thiophene rings is 1. The van der Waals surface area contributed by atoms with Gasteiger partial charge in [-0.25, -0.2) is 0 Å². The number of hydrogen-bond acceptors (Lipinski definition) is 3. The zero-order chi connectivity index (χ0) is 16.1. The molecule has 1 amide bonds. The van der Waals surface area contributed by atoms with Gasteiger partial charge in [0.15, 0.2) is 0 Å². The Bertz CT molecular complexity index is 718. The third-order valence-corrected chi connectivity index (χ3v) is 5.15. The van der Waals surface area contributed by atoms with Gasteiger partial charge in [-0.2, -0.15) is 0 Å². The number of aryl methyl sites for hydroxylation is 1. The lowest BCUT2D eigenvalue weighted by Crippen LogP contribution is -2.25. The topological polar surface area (TPSA) is 42.0 Å². The van der Waals surface area contributed by atoms with Crippen molar-refractivity contribution in [3.05, 3.63) is 52.6 Å². The molecule has 1 aliphatic carbocycles. The lowest BCUT2D eigenvalue weighted by molar-refractivity contribution is 0.0954. The molecule has 1 N–H and O–H groups in total. The van der Waals surface area contributed by atoms with E-state index in [0.717, 1.165) is 17.0 Å². The van der Waals surface area contributed by atoms with Crippen LogP contribution in [-0.4, -0.2) is 17.4 Å². The summed E-state index contributed by atoms with van der Waals surface area (Å²) in [6.07, 6.45) is 9.98. The van der Waals surface area contributed by atoms with Crippen molar-refractivity contribution in [3.8, 4) is 10.6 Å². The molecule has 4 heteroatoms. The summed E-state index contributed by atoms with van der Waals surface area (Å²) in [6, 6.07) is 7.78. The first-order valence-corrected chi connectivity index (χ1v) is 9.03. The number of rotatable bonds is 5. The van der Waals surface area contributed by atoms with Crippen molar-refractivity contribution in [1.82, 2.24) is 10.3 Å². The first kappa shape index (κ1) is 15.9. The molecule has 3 nitrogen and oxygen atoms in total. The number of carbonyl (C=O) groups is 1. The van der Waals surface area contributed by atoms with Crippen LogP contribution in [0.2, 0.25) is 0 Å². The van der Waals surface area contributed by atoms with E-state index >= 15 is 0 Å². The fraction of sp³-hybridized carbons (Fsp3) is 0.368. The van der Waals surface area contributed by atoms with Crippen LogP contribution in [0.3, 0.4) is 0 Å². The molecule has 120 valence electrons. The second kappa shape index (κ2) is 7.55. The number of hydrogen-bond donors (Lipinski definition) is 1. The highest BCUT2D eigenvalue weighted by atomic mass is 32.1. The van der Waals surface area contributed by atoms with E-state index in [-0.39, 0.29) is 5.91 Å².